The lowest BCUT2D eigenvalue weighted by molar-refractivity contribution is -0.138. The van der Waals surface area contributed by atoms with Crippen molar-refractivity contribution in [3.63, 3.8) is 0 Å². The van der Waals surface area contributed by atoms with Crippen molar-refractivity contribution in [2.75, 3.05) is 20.3 Å². The normalized spacial score (nSPS) is 19.2. The molecule has 0 fully saturated rings. The number of fused-ring (bicyclic) bond motifs is 2. The van der Waals surface area contributed by atoms with E-state index >= 15 is 0 Å². The van der Waals surface area contributed by atoms with Crippen LogP contribution in [0.4, 0.5) is 0 Å². The Hall–Kier alpha value is -2.57. The quantitative estimate of drug-likeness (QED) is 0.828. The Morgan fingerprint density at radius 3 is 3.04 bits per heavy atom. The summed E-state index contributed by atoms with van der Waals surface area (Å²) in [5.74, 6) is 3.32. The molecule has 24 heavy (non-hydrogen) atoms. The Kier molecular flexibility index (Phi) is 3.63. The van der Waals surface area contributed by atoms with E-state index in [1.807, 2.05) is 30.0 Å². The van der Waals surface area contributed by atoms with Crippen molar-refractivity contribution in [2.24, 2.45) is 5.92 Å². The standard InChI is InChI=1S/C17H20N4O3/c1-11-18-19-16-9-20(5-6-21(11)16)17(22)13-7-12-3-4-14(23-2)8-15(12)24-10-13/h3-4,8,13H,5-7,9-10H2,1-2H3. The highest BCUT2D eigenvalue weighted by Gasteiger charge is 2.32. The van der Waals surface area contributed by atoms with Crippen molar-refractivity contribution in [1.82, 2.24) is 19.7 Å². The Bertz CT molecular complexity index is 786. The fourth-order valence-electron chi connectivity index (χ4n) is 3.39. The van der Waals surface area contributed by atoms with E-state index in [4.69, 9.17) is 9.47 Å². The molecule has 0 saturated heterocycles. The predicted octanol–water partition coefficient (Wildman–Crippen LogP) is 1.19. The molecule has 3 heterocycles. The van der Waals surface area contributed by atoms with Crippen LogP contribution in [-0.2, 0) is 24.3 Å². The van der Waals surface area contributed by atoms with Crippen LogP contribution in [0.25, 0.3) is 0 Å². The lowest BCUT2D eigenvalue weighted by Gasteiger charge is -2.32. The van der Waals surface area contributed by atoms with Crippen LogP contribution in [0.1, 0.15) is 17.2 Å². The molecule has 0 radical (unpaired) electrons. The Morgan fingerprint density at radius 2 is 2.21 bits per heavy atom. The van der Waals surface area contributed by atoms with Crippen molar-refractivity contribution in [3.8, 4) is 11.5 Å². The summed E-state index contributed by atoms with van der Waals surface area (Å²) in [5, 5.41) is 8.25. The van der Waals surface area contributed by atoms with Crippen LogP contribution in [0, 0.1) is 12.8 Å². The van der Waals surface area contributed by atoms with Crippen molar-refractivity contribution in [2.45, 2.75) is 26.4 Å². The van der Waals surface area contributed by atoms with Gasteiger partial charge in [-0.1, -0.05) is 6.07 Å². The largest absolute Gasteiger partial charge is 0.497 e. The molecule has 0 spiro atoms. The smallest absolute Gasteiger partial charge is 0.229 e. The van der Waals surface area contributed by atoms with Gasteiger partial charge in [-0.05, 0) is 25.0 Å². The highest BCUT2D eigenvalue weighted by atomic mass is 16.5. The summed E-state index contributed by atoms with van der Waals surface area (Å²) in [6.07, 6.45) is 0.695. The lowest BCUT2D eigenvalue weighted by atomic mass is 9.95. The van der Waals surface area contributed by atoms with Crippen LogP contribution in [0.5, 0.6) is 11.5 Å². The Balaban J connectivity index is 1.48. The molecule has 1 aromatic carbocycles. The zero-order chi connectivity index (χ0) is 16.7. The molecule has 2 aromatic rings. The predicted molar refractivity (Wildman–Crippen MR) is 85.9 cm³/mol. The molecule has 1 amide bonds. The summed E-state index contributed by atoms with van der Waals surface area (Å²) >= 11 is 0. The number of amides is 1. The number of methoxy groups -OCH3 is 1. The Morgan fingerprint density at radius 1 is 1.33 bits per heavy atom. The van der Waals surface area contributed by atoms with Gasteiger partial charge in [-0.2, -0.15) is 0 Å². The maximum atomic E-state index is 12.9. The van der Waals surface area contributed by atoms with Crippen molar-refractivity contribution >= 4 is 5.91 Å². The first-order valence-corrected chi connectivity index (χ1v) is 8.13. The van der Waals surface area contributed by atoms with E-state index in [0.717, 1.165) is 35.3 Å². The number of hydrogen-bond acceptors (Lipinski definition) is 5. The molecular weight excluding hydrogens is 308 g/mol. The molecule has 1 unspecified atom stereocenters. The second-order valence-electron chi connectivity index (χ2n) is 6.26. The third-order valence-corrected chi connectivity index (χ3v) is 4.78. The van der Waals surface area contributed by atoms with Gasteiger partial charge in [0.05, 0.1) is 19.6 Å². The number of nitrogens with zero attached hydrogens (tertiary/aromatic N) is 4. The SMILES string of the molecule is COc1ccc2c(c1)OCC(C(=O)N1CCn3c(C)nnc3C1)C2. The summed E-state index contributed by atoms with van der Waals surface area (Å²) in [6, 6.07) is 5.76. The van der Waals surface area contributed by atoms with Crippen LogP contribution in [-0.4, -0.2) is 45.8 Å². The van der Waals surface area contributed by atoms with Crippen molar-refractivity contribution in [3.05, 3.63) is 35.4 Å². The van der Waals surface area contributed by atoms with Crippen molar-refractivity contribution in [1.29, 1.82) is 0 Å². The third-order valence-electron chi connectivity index (χ3n) is 4.78. The molecule has 2 aliphatic rings. The minimum Gasteiger partial charge on any atom is -0.497 e. The fourth-order valence-corrected chi connectivity index (χ4v) is 3.39. The average Bonchev–Trinajstić information content (AvgIpc) is 3.00. The summed E-state index contributed by atoms with van der Waals surface area (Å²) in [5.41, 5.74) is 1.05. The first-order chi connectivity index (χ1) is 11.7. The van der Waals surface area contributed by atoms with Gasteiger partial charge in [0.15, 0.2) is 5.82 Å². The number of carbonyl (C=O) groups excluding carboxylic acids is 1. The maximum absolute atomic E-state index is 12.9. The van der Waals surface area contributed by atoms with Crippen LogP contribution in [0.3, 0.4) is 0 Å². The van der Waals surface area contributed by atoms with Crippen LogP contribution < -0.4 is 9.47 Å². The molecular formula is C17H20N4O3. The minimum atomic E-state index is -0.151. The number of aromatic nitrogens is 3. The molecule has 7 nitrogen and oxygen atoms in total. The number of benzene rings is 1. The van der Waals surface area contributed by atoms with Crippen LogP contribution >= 0.6 is 0 Å². The summed E-state index contributed by atoms with van der Waals surface area (Å²) < 4.78 is 13.1. The van der Waals surface area contributed by atoms with Gasteiger partial charge in [-0.15, -0.1) is 10.2 Å². The summed E-state index contributed by atoms with van der Waals surface area (Å²) in [4.78, 5) is 14.7. The van der Waals surface area contributed by atoms with Gasteiger partial charge < -0.3 is 18.9 Å². The van der Waals surface area contributed by atoms with Gasteiger partial charge in [0.25, 0.3) is 0 Å². The number of rotatable bonds is 2. The number of ether oxygens (including phenoxy) is 2. The fraction of sp³-hybridized carbons (Fsp3) is 0.471. The van der Waals surface area contributed by atoms with Gasteiger partial charge in [0, 0.05) is 19.2 Å². The van der Waals surface area contributed by atoms with Crippen LogP contribution in [0.15, 0.2) is 18.2 Å². The third kappa shape index (κ3) is 2.50. The van der Waals surface area contributed by atoms with E-state index in [9.17, 15) is 4.79 Å². The molecule has 2 aliphatic heterocycles. The highest BCUT2D eigenvalue weighted by Crippen LogP contribution is 2.32. The highest BCUT2D eigenvalue weighted by molar-refractivity contribution is 5.80. The lowest BCUT2D eigenvalue weighted by Crippen LogP contribution is -2.44. The monoisotopic (exact) mass is 328 g/mol. The van der Waals surface area contributed by atoms with E-state index in [2.05, 4.69) is 14.8 Å². The molecule has 0 aliphatic carbocycles. The second-order valence-corrected chi connectivity index (χ2v) is 6.26. The molecule has 126 valence electrons. The molecule has 1 atom stereocenters. The molecule has 0 saturated carbocycles. The zero-order valence-corrected chi connectivity index (χ0v) is 13.9. The number of carbonyl (C=O) groups is 1. The van der Waals surface area contributed by atoms with E-state index < -0.39 is 0 Å². The average molecular weight is 328 g/mol. The van der Waals surface area contributed by atoms with Crippen molar-refractivity contribution < 1.29 is 14.3 Å². The second kappa shape index (κ2) is 5.81. The molecule has 0 bridgehead atoms. The summed E-state index contributed by atoms with van der Waals surface area (Å²) in [6.45, 7) is 4.30. The Labute approximate surface area is 140 Å². The van der Waals surface area contributed by atoms with Gasteiger partial charge >= 0.3 is 0 Å². The molecule has 4 rings (SSSR count). The van der Waals surface area contributed by atoms with Gasteiger partial charge in [0.1, 0.15) is 23.9 Å². The van der Waals surface area contributed by atoms with Gasteiger partial charge in [-0.25, -0.2) is 0 Å². The minimum absolute atomic E-state index is 0.128. The zero-order valence-electron chi connectivity index (χ0n) is 13.9. The molecule has 7 heteroatoms. The first kappa shape index (κ1) is 15.0. The van der Waals surface area contributed by atoms with E-state index in [1.54, 1.807) is 7.11 Å². The van der Waals surface area contributed by atoms with E-state index in [1.165, 1.54) is 0 Å². The van der Waals surface area contributed by atoms with Gasteiger partial charge in [-0.3, -0.25) is 4.79 Å². The van der Waals surface area contributed by atoms with E-state index in [0.29, 0.717) is 26.1 Å². The maximum Gasteiger partial charge on any atom is 0.229 e. The summed E-state index contributed by atoms with van der Waals surface area (Å²) in [7, 11) is 1.63. The van der Waals surface area contributed by atoms with Crippen LogP contribution in [0.2, 0.25) is 0 Å². The van der Waals surface area contributed by atoms with E-state index in [-0.39, 0.29) is 11.8 Å². The molecule has 0 N–H and O–H groups in total. The van der Waals surface area contributed by atoms with Gasteiger partial charge in [0.2, 0.25) is 5.91 Å². The number of hydrogen-bond donors (Lipinski definition) is 0. The first-order valence-electron chi connectivity index (χ1n) is 8.13. The molecule has 1 aromatic heterocycles. The topological polar surface area (TPSA) is 69.5 Å². The number of aryl methyl sites for hydroxylation is 1.